The van der Waals surface area contributed by atoms with Crippen LogP contribution in [0.15, 0.2) is 18.2 Å². The van der Waals surface area contributed by atoms with Crippen molar-refractivity contribution in [2.45, 2.75) is 58.9 Å². The summed E-state index contributed by atoms with van der Waals surface area (Å²) in [7, 11) is 1.61. The van der Waals surface area contributed by atoms with Crippen molar-refractivity contribution in [2.75, 3.05) is 5.32 Å². The second-order valence-electron chi connectivity index (χ2n) is 9.10. The minimum atomic E-state index is -1.08. The van der Waals surface area contributed by atoms with Crippen molar-refractivity contribution in [1.82, 2.24) is 9.88 Å². The number of halogens is 2. The second-order valence-corrected chi connectivity index (χ2v) is 9.10. The highest BCUT2D eigenvalue weighted by atomic mass is 19.2. The molecule has 1 aliphatic rings. The average Bonchev–Trinajstić information content (AvgIpc) is 2.95. The average molecular weight is 446 g/mol. The Bertz CT molecular complexity index is 1080. The van der Waals surface area contributed by atoms with Crippen LogP contribution in [0.25, 0.3) is 0 Å². The molecular formula is C24H29F2N3O3. The van der Waals surface area contributed by atoms with E-state index in [1.165, 1.54) is 10.6 Å². The topological polar surface area (TPSA) is 80.2 Å². The van der Waals surface area contributed by atoms with Gasteiger partial charge in [-0.15, -0.1) is 0 Å². The molecule has 0 radical (unpaired) electrons. The van der Waals surface area contributed by atoms with Crippen LogP contribution in [-0.2, 0) is 11.8 Å². The molecule has 0 atom stereocenters. The molecular weight excluding hydrogens is 416 g/mol. The molecule has 1 saturated carbocycles. The van der Waals surface area contributed by atoms with Crippen LogP contribution in [0.2, 0.25) is 0 Å². The van der Waals surface area contributed by atoms with Gasteiger partial charge >= 0.3 is 0 Å². The van der Waals surface area contributed by atoms with Crippen molar-refractivity contribution >= 4 is 23.3 Å². The normalized spacial score (nSPS) is 20.7. The molecule has 1 aromatic heterocycles. The predicted molar refractivity (Wildman–Crippen MR) is 118 cm³/mol. The van der Waals surface area contributed by atoms with Crippen molar-refractivity contribution in [3.05, 3.63) is 52.3 Å². The highest BCUT2D eigenvalue weighted by molar-refractivity contribution is 6.43. The number of ketones is 1. The van der Waals surface area contributed by atoms with Crippen molar-refractivity contribution in [3.8, 4) is 0 Å². The van der Waals surface area contributed by atoms with Gasteiger partial charge in [-0.05, 0) is 70.1 Å². The number of amides is 2. The van der Waals surface area contributed by atoms with E-state index in [1.54, 1.807) is 20.9 Å². The van der Waals surface area contributed by atoms with Crippen LogP contribution in [0.5, 0.6) is 0 Å². The van der Waals surface area contributed by atoms with Gasteiger partial charge in [-0.1, -0.05) is 6.92 Å². The Hall–Kier alpha value is -3.03. The number of nitrogens with one attached hydrogen (secondary N) is 2. The molecule has 1 aromatic carbocycles. The van der Waals surface area contributed by atoms with Gasteiger partial charge in [0.05, 0.1) is 11.3 Å². The van der Waals surface area contributed by atoms with Gasteiger partial charge in [0.1, 0.15) is 0 Å². The van der Waals surface area contributed by atoms with E-state index in [-0.39, 0.29) is 16.9 Å². The number of hydrogen-bond acceptors (Lipinski definition) is 3. The van der Waals surface area contributed by atoms with Gasteiger partial charge in [0.2, 0.25) is 0 Å². The molecule has 0 aliphatic heterocycles. The maximum atomic E-state index is 13.5. The Labute approximate surface area is 186 Å². The number of hydrogen-bond donors (Lipinski definition) is 2. The van der Waals surface area contributed by atoms with E-state index in [9.17, 15) is 23.2 Å². The van der Waals surface area contributed by atoms with Crippen molar-refractivity contribution in [3.63, 3.8) is 0 Å². The lowest BCUT2D eigenvalue weighted by Gasteiger charge is -2.36. The van der Waals surface area contributed by atoms with Crippen molar-refractivity contribution < 1.29 is 23.2 Å². The quantitative estimate of drug-likeness (QED) is 0.527. The Kier molecular flexibility index (Phi) is 6.53. The summed E-state index contributed by atoms with van der Waals surface area (Å²) in [5.74, 6) is -3.48. The van der Waals surface area contributed by atoms with E-state index in [1.807, 2.05) is 6.92 Å². The second kappa shape index (κ2) is 8.84. The molecule has 3 rings (SSSR count). The van der Waals surface area contributed by atoms with Crippen LogP contribution >= 0.6 is 0 Å². The van der Waals surface area contributed by atoms with E-state index in [2.05, 4.69) is 17.6 Å². The third-order valence-corrected chi connectivity index (χ3v) is 6.55. The molecule has 2 N–H and O–H groups in total. The number of anilines is 1. The standard InChI is InChI=1S/C24H29F2N3O3/c1-13-8-10-24(4,11-9-13)28-23(32)21(30)20-14(2)19(15(3)29(20)5)22(31)27-16-6-7-17(25)18(26)12-16/h6-7,12-13H,8-11H2,1-5H3,(H,27,31)(H,28,32). The molecule has 172 valence electrons. The van der Waals surface area contributed by atoms with Crippen molar-refractivity contribution in [2.24, 2.45) is 13.0 Å². The number of aromatic nitrogens is 1. The Morgan fingerprint density at radius 1 is 1.09 bits per heavy atom. The summed E-state index contributed by atoms with van der Waals surface area (Å²) < 4.78 is 28.2. The molecule has 1 aliphatic carbocycles. The van der Waals surface area contributed by atoms with E-state index >= 15 is 0 Å². The van der Waals surface area contributed by atoms with E-state index in [4.69, 9.17) is 0 Å². The first-order chi connectivity index (χ1) is 14.9. The minimum Gasteiger partial charge on any atom is -0.344 e. The zero-order chi connectivity index (χ0) is 23.8. The number of Topliss-reactive ketones (excluding diaryl/α,β-unsaturated/α-hetero) is 1. The van der Waals surface area contributed by atoms with E-state index in [0.717, 1.165) is 37.8 Å². The molecule has 2 amide bonds. The largest absolute Gasteiger partial charge is 0.344 e. The molecule has 0 unspecified atom stereocenters. The van der Waals surface area contributed by atoms with Gasteiger partial charge < -0.3 is 15.2 Å². The Balaban J connectivity index is 1.83. The van der Waals surface area contributed by atoms with E-state index in [0.29, 0.717) is 17.2 Å². The first kappa shape index (κ1) is 23.6. The van der Waals surface area contributed by atoms with Gasteiger partial charge in [0, 0.05) is 30.0 Å². The Morgan fingerprint density at radius 3 is 2.31 bits per heavy atom. The molecule has 32 heavy (non-hydrogen) atoms. The monoisotopic (exact) mass is 445 g/mol. The molecule has 1 heterocycles. The fourth-order valence-corrected chi connectivity index (χ4v) is 4.36. The third kappa shape index (κ3) is 4.59. The summed E-state index contributed by atoms with van der Waals surface area (Å²) in [4.78, 5) is 38.7. The molecule has 0 saturated heterocycles. The molecule has 0 bridgehead atoms. The smallest absolute Gasteiger partial charge is 0.294 e. The zero-order valence-corrected chi connectivity index (χ0v) is 19.1. The fraction of sp³-hybridized carbons (Fsp3) is 0.458. The number of rotatable bonds is 5. The molecule has 2 aromatic rings. The lowest BCUT2D eigenvalue weighted by Crippen LogP contribution is -2.50. The van der Waals surface area contributed by atoms with Crippen LogP contribution < -0.4 is 10.6 Å². The predicted octanol–water partition coefficient (Wildman–Crippen LogP) is 4.44. The summed E-state index contributed by atoms with van der Waals surface area (Å²) in [5, 5.41) is 5.42. The van der Waals surface area contributed by atoms with Gasteiger partial charge in [0.15, 0.2) is 11.6 Å². The summed E-state index contributed by atoms with van der Waals surface area (Å²) in [6, 6.07) is 3.04. The SMILES string of the molecule is Cc1c(C(=O)Nc2ccc(F)c(F)c2)c(C)n(C)c1C(=O)C(=O)NC1(C)CCC(C)CC1. The third-order valence-electron chi connectivity index (χ3n) is 6.55. The van der Waals surface area contributed by atoms with Gasteiger partial charge in [0.25, 0.3) is 17.6 Å². The first-order valence-corrected chi connectivity index (χ1v) is 10.7. The zero-order valence-electron chi connectivity index (χ0n) is 19.1. The van der Waals surface area contributed by atoms with Gasteiger partial charge in [-0.25, -0.2) is 8.78 Å². The van der Waals surface area contributed by atoms with Gasteiger partial charge in [-0.3, -0.25) is 14.4 Å². The van der Waals surface area contributed by atoms with Gasteiger partial charge in [-0.2, -0.15) is 0 Å². The van der Waals surface area contributed by atoms with Crippen molar-refractivity contribution in [1.29, 1.82) is 0 Å². The molecule has 0 spiro atoms. The maximum Gasteiger partial charge on any atom is 0.294 e. The molecule has 1 fully saturated rings. The van der Waals surface area contributed by atoms with E-state index < -0.39 is 34.8 Å². The van der Waals surface area contributed by atoms with Crippen LogP contribution in [0, 0.1) is 31.4 Å². The first-order valence-electron chi connectivity index (χ1n) is 10.7. The highest BCUT2D eigenvalue weighted by Crippen LogP contribution is 2.32. The number of carbonyl (C=O) groups excluding carboxylic acids is 3. The van der Waals surface area contributed by atoms with Crippen LogP contribution in [0.3, 0.4) is 0 Å². The lowest BCUT2D eigenvalue weighted by atomic mass is 9.78. The summed E-state index contributed by atoms with van der Waals surface area (Å²) >= 11 is 0. The maximum absolute atomic E-state index is 13.5. The lowest BCUT2D eigenvalue weighted by molar-refractivity contribution is -0.119. The minimum absolute atomic E-state index is 0.0848. The number of carbonyl (C=O) groups is 3. The Morgan fingerprint density at radius 2 is 1.72 bits per heavy atom. The van der Waals surface area contributed by atoms with Crippen LogP contribution in [0.4, 0.5) is 14.5 Å². The highest BCUT2D eigenvalue weighted by Gasteiger charge is 2.35. The molecule has 8 heteroatoms. The fourth-order valence-electron chi connectivity index (χ4n) is 4.36. The summed E-state index contributed by atoms with van der Waals surface area (Å²) in [6.07, 6.45) is 3.59. The summed E-state index contributed by atoms with van der Waals surface area (Å²) in [5.41, 5.74) is 0.834. The molecule has 6 nitrogen and oxygen atoms in total. The van der Waals surface area contributed by atoms with Crippen LogP contribution in [-0.4, -0.2) is 27.7 Å². The number of nitrogens with zero attached hydrogens (tertiary/aromatic N) is 1. The number of benzene rings is 1. The van der Waals surface area contributed by atoms with Crippen LogP contribution in [0.1, 0.15) is 71.6 Å². The summed E-state index contributed by atoms with van der Waals surface area (Å²) in [6.45, 7) is 7.38.